The molecule has 5 heteroatoms. The van der Waals surface area contributed by atoms with E-state index in [0.717, 1.165) is 21.6 Å². The first-order valence-electron chi connectivity index (χ1n) is 6.45. The maximum Gasteiger partial charge on any atom is 0.188 e. The fourth-order valence-corrected chi connectivity index (χ4v) is 4.00. The number of aromatic nitrogens is 2. The summed E-state index contributed by atoms with van der Waals surface area (Å²) in [5.74, 6) is 0.810. The van der Waals surface area contributed by atoms with E-state index in [1.54, 1.807) is 23.1 Å². The van der Waals surface area contributed by atoms with Gasteiger partial charge in [0, 0.05) is 21.7 Å². The van der Waals surface area contributed by atoms with Crippen molar-refractivity contribution >= 4 is 44.8 Å². The zero-order valence-electron chi connectivity index (χ0n) is 11.5. The van der Waals surface area contributed by atoms with Crippen molar-refractivity contribution in [3.05, 3.63) is 53.7 Å². The molecule has 0 N–H and O–H groups in total. The maximum atomic E-state index is 6.09. The summed E-state index contributed by atoms with van der Waals surface area (Å²) < 4.78 is 1.23. The van der Waals surface area contributed by atoms with Crippen molar-refractivity contribution in [2.75, 3.05) is 5.75 Å². The molecular formula is C16H13ClN2S2. The molecule has 0 bridgehead atoms. The van der Waals surface area contributed by atoms with E-state index in [0.29, 0.717) is 0 Å². The first-order valence-corrected chi connectivity index (χ1v) is 8.63. The van der Waals surface area contributed by atoms with Gasteiger partial charge in [-0.2, -0.15) is 0 Å². The second-order valence-corrected chi connectivity index (χ2v) is 7.00. The Morgan fingerprint density at radius 2 is 2.24 bits per heavy atom. The number of thioether (sulfide) groups is 1. The van der Waals surface area contributed by atoms with E-state index in [1.807, 2.05) is 30.5 Å². The summed E-state index contributed by atoms with van der Waals surface area (Å²) in [6, 6.07) is 7.96. The van der Waals surface area contributed by atoms with Crippen LogP contribution in [0.25, 0.3) is 20.7 Å². The summed E-state index contributed by atoms with van der Waals surface area (Å²) in [6.07, 6.45) is 3.66. The first-order chi connectivity index (χ1) is 10.2. The van der Waals surface area contributed by atoms with Crippen LogP contribution < -0.4 is 0 Å². The lowest BCUT2D eigenvalue weighted by Crippen LogP contribution is -1.89. The van der Waals surface area contributed by atoms with Gasteiger partial charge >= 0.3 is 0 Å². The van der Waals surface area contributed by atoms with Crippen LogP contribution in [0, 0.1) is 6.92 Å². The zero-order chi connectivity index (χ0) is 14.8. The first kappa shape index (κ1) is 14.6. The van der Waals surface area contributed by atoms with Crippen molar-refractivity contribution in [3.63, 3.8) is 0 Å². The van der Waals surface area contributed by atoms with Crippen molar-refractivity contribution in [3.8, 4) is 10.6 Å². The molecule has 0 atom stereocenters. The Bertz CT molecular complexity index is 811. The van der Waals surface area contributed by atoms with E-state index >= 15 is 0 Å². The van der Waals surface area contributed by atoms with Gasteiger partial charge in [-0.1, -0.05) is 29.4 Å². The van der Waals surface area contributed by atoms with Crippen LogP contribution in [0.5, 0.6) is 0 Å². The highest BCUT2D eigenvalue weighted by molar-refractivity contribution is 7.99. The third-order valence-corrected chi connectivity index (χ3v) is 5.48. The smallest absolute Gasteiger partial charge is 0.188 e. The fraction of sp³-hybridized carbons (Fsp3) is 0.125. The van der Waals surface area contributed by atoms with E-state index in [-0.39, 0.29) is 0 Å². The monoisotopic (exact) mass is 332 g/mol. The Morgan fingerprint density at radius 1 is 1.38 bits per heavy atom. The minimum absolute atomic E-state index is 0.764. The van der Waals surface area contributed by atoms with Gasteiger partial charge in [0.25, 0.3) is 0 Å². The van der Waals surface area contributed by atoms with Crippen LogP contribution in [0.15, 0.2) is 48.3 Å². The second kappa shape index (κ2) is 6.18. The Hall–Kier alpha value is -1.36. The summed E-state index contributed by atoms with van der Waals surface area (Å²) in [5, 5.41) is 2.74. The number of fused-ring (bicyclic) bond motifs is 1. The lowest BCUT2D eigenvalue weighted by molar-refractivity contribution is 0.976. The minimum atomic E-state index is 0.764. The fourth-order valence-electron chi connectivity index (χ4n) is 2.11. The lowest BCUT2D eigenvalue weighted by atomic mass is 10.1. The molecule has 0 aliphatic carbocycles. The molecule has 0 saturated heterocycles. The number of halogens is 1. The van der Waals surface area contributed by atoms with Crippen LogP contribution in [-0.4, -0.2) is 15.7 Å². The van der Waals surface area contributed by atoms with E-state index < -0.39 is 0 Å². The quantitative estimate of drug-likeness (QED) is 0.353. The van der Waals surface area contributed by atoms with Gasteiger partial charge in [-0.05, 0) is 42.1 Å². The molecular weight excluding hydrogens is 320 g/mol. The molecule has 3 rings (SSSR count). The predicted molar refractivity (Wildman–Crippen MR) is 93.5 cm³/mol. The molecule has 0 radical (unpaired) electrons. The standard InChI is InChI=1S/C16H13ClN2S2/c1-3-8-20-16-18-7-6-13(19-16)15-10(2)12-9-11(17)4-5-14(12)21-15/h3-7,9H,1,8H2,2H3. The minimum Gasteiger partial charge on any atom is -0.231 e. The SMILES string of the molecule is C=CCSc1nccc(-c2sc3ccc(Cl)cc3c2C)n1. The second-order valence-electron chi connectivity index (χ2n) is 4.52. The van der Waals surface area contributed by atoms with E-state index in [9.17, 15) is 0 Å². The number of hydrogen-bond donors (Lipinski definition) is 0. The molecule has 2 nitrogen and oxygen atoms in total. The summed E-state index contributed by atoms with van der Waals surface area (Å²) in [4.78, 5) is 10.1. The highest BCUT2D eigenvalue weighted by atomic mass is 35.5. The largest absolute Gasteiger partial charge is 0.231 e. The highest BCUT2D eigenvalue weighted by Gasteiger charge is 2.12. The molecule has 2 heterocycles. The normalized spacial score (nSPS) is 11.0. The average molecular weight is 333 g/mol. The zero-order valence-corrected chi connectivity index (χ0v) is 13.9. The molecule has 0 fully saturated rings. The van der Waals surface area contributed by atoms with Gasteiger partial charge in [0.2, 0.25) is 0 Å². The van der Waals surface area contributed by atoms with Crippen LogP contribution in [0.3, 0.4) is 0 Å². The third-order valence-electron chi connectivity index (χ3n) is 3.09. The predicted octanol–water partition coefficient (Wildman–Crippen LogP) is 5.60. The summed E-state index contributed by atoms with van der Waals surface area (Å²) >= 11 is 9.42. The number of rotatable bonds is 4. The topological polar surface area (TPSA) is 25.8 Å². The third kappa shape index (κ3) is 2.98. The van der Waals surface area contributed by atoms with Crippen molar-refractivity contribution in [1.82, 2.24) is 9.97 Å². The van der Waals surface area contributed by atoms with Gasteiger partial charge in [-0.25, -0.2) is 9.97 Å². The van der Waals surface area contributed by atoms with Crippen molar-refractivity contribution in [2.45, 2.75) is 12.1 Å². The molecule has 106 valence electrons. The Kier molecular flexibility index (Phi) is 4.29. The average Bonchev–Trinajstić information content (AvgIpc) is 2.82. The molecule has 0 aliphatic heterocycles. The van der Waals surface area contributed by atoms with Gasteiger partial charge in [0.05, 0.1) is 10.6 Å². The van der Waals surface area contributed by atoms with Gasteiger partial charge < -0.3 is 0 Å². The maximum absolute atomic E-state index is 6.09. The van der Waals surface area contributed by atoms with Crippen molar-refractivity contribution < 1.29 is 0 Å². The molecule has 0 aliphatic rings. The number of thiophene rings is 1. The van der Waals surface area contributed by atoms with E-state index in [2.05, 4.69) is 29.5 Å². The summed E-state index contributed by atoms with van der Waals surface area (Å²) in [5.41, 5.74) is 2.18. The lowest BCUT2D eigenvalue weighted by Gasteiger charge is -2.01. The molecule has 1 aromatic carbocycles. The molecule has 0 saturated carbocycles. The molecule has 0 unspecified atom stereocenters. The van der Waals surface area contributed by atoms with Crippen molar-refractivity contribution in [1.29, 1.82) is 0 Å². The number of benzene rings is 1. The highest BCUT2D eigenvalue weighted by Crippen LogP contribution is 2.38. The number of aryl methyl sites for hydroxylation is 1. The number of nitrogens with zero attached hydrogens (tertiary/aromatic N) is 2. The molecule has 0 amide bonds. The van der Waals surface area contributed by atoms with Crippen LogP contribution in [-0.2, 0) is 0 Å². The molecule has 3 aromatic rings. The molecule has 0 spiro atoms. The van der Waals surface area contributed by atoms with Gasteiger partial charge in [-0.3, -0.25) is 0 Å². The van der Waals surface area contributed by atoms with Gasteiger partial charge in [0.15, 0.2) is 5.16 Å². The van der Waals surface area contributed by atoms with Crippen LogP contribution >= 0.6 is 34.7 Å². The van der Waals surface area contributed by atoms with E-state index in [4.69, 9.17) is 11.6 Å². The molecule has 21 heavy (non-hydrogen) atoms. The van der Waals surface area contributed by atoms with E-state index in [1.165, 1.54) is 20.5 Å². The van der Waals surface area contributed by atoms with Crippen LogP contribution in [0.4, 0.5) is 0 Å². The summed E-state index contributed by atoms with van der Waals surface area (Å²) in [7, 11) is 0. The Balaban J connectivity index is 2.07. The Morgan fingerprint density at radius 3 is 3.05 bits per heavy atom. The summed E-state index contributed by atoms with van der Waals surface area (Å²) in [6.45, 7) is 5.83. The molecule has 2 aromatic heterocycles. The van der Waals surface area contributed by atoms with Gasteiger partial charge in [0.1, 0.15) is 0 Å². The van der Waals surface area contributed by atoms with Gasteiger partial charge in [-0.15, -0.1) is 17.9 Å². The Labute approximate surface area is 136 Å². The number of hydrogen-bond acceptors (Lipinski definition) is 4. The van der Waals surface area contributed by atoms with Crippen molar-refractivity contribution in [2.24, 2.45) is 0 Å². The van der Waals surface area contributed by atoms with Crippen LogP contribution in [0.2, 0.25) is 5.02 Å². The van der Waals surface area contributed by atoms with Crippen LogP contribution in [0.1, 0.15) is 5.56 Å².